The number of thioether (sulfide) groups is 1. The number of rotatable bonds is 8. The van der Waals surface area contributed by atoms with E-state index >= 15 is 0 Å². The molecule has 1 aliphatic heterocycles. The van der Waals surface area contributed by atoms with Crippen molar-refractivity contribution in [3.63, 3.8) is 0 Å². The van der Waals surface area contributed by atoms with Crippen molar-refractivity contribution < 1.29 is 14.5 Å². The van der Waals surface area contributed by atoms with Gasteiger partial charge in [-0.3, -0.25) is 19.7 Å². The molecule has 0 aromatic heterocycles. The lowest BCUT2D eigenvalue weighted by Gasteiger charge is -2.32. The van der Waals surface area contributed by atoms with Crippen LogP contribution in [-0.4, -0.2) is 53.6 Å². The van der Waals surface area contributed by atoms with Crippen LogP contribution in [0.1, 0.15) is 30.1 Å². The third-order valence-corrected chi connectivity index (χ3v) is 5.49. The monoisotopic (exact) mass is 416 g/mol. The van der Waals surface area contributed by atoms with Crippen LogP contribution in [0.15, 0.2) is 23.1 Å². The molecule has 1 aromatic carbocycles. The minimum Gasteiger partial charge on any atom is -0.366 e. The smallest absolute Gasteiger partial charge is 0.283 e. The first kappa shape index (κ1) is 23.2. The highest BCUT2D eigenvalue weighted by Gasteiger charge is 2.24. The van der Waals surface area contributed by atoms with Gasteiger partial charge in [-0.1, -0.05) is 6.92 Å². The van der Waals surface area contributed by atoms with Crippen molar-refractivity contribution in [1.82, 2.24) is 10.2 Å². The number of primary amides is 1. The first-order chi connectivity index (χ1) is 12.4. The number of nitrogens with two attached hydrogens (primary N) is 1. The van der Waals surface area contributed by atoms with Gasteiger partial charge in [0.2, 0.25) is 11.8 Å². The van der Waals surface area contributed by atoms with Crippen molar-refractivity contribution in [2.24, 2.45) is 11.7 Å². The van der Waals surface area contributed by atoms with Crippen molar-refractivity contribution in [3.05, 3.63) is 33.9 Å². The number of carbonyl (C=O) groups is 2. The Morgan fingerprint density at radius 1 is 1.37 bits per heavy atom. The maximum absolute atomic E-state index is 12.4. The van der Waals surface area contributed by atoms with E-state index in [9.17, 15) is 19.7 Å². The molecule has 1 fully saturated rings. The van der Waals surface area contributed by atoms with Gasteiger partial charge in [0.25, 0.3) is 5.69 Å². The summed E-state index contributed by atoms with van der Waals surface area (Å²) in [5.74, 6) is -0.0188. The Morgan fingerprint density at radius 3 is 2.59 bits per heavy atom. The van der Waals surface area contributed by atoms with Gasteiger partial charge >= 0.3 is 0 Å². The number of piperidine rings is 1. The molecule has 1 aromatic rings. The number of hydrogen-bond donors (Lipinski definition) is 2. The second-order valence-corrected chi connectivity index (χ2v) is 7.24. The molecular weight excluding hydrogens is 392 g/mol. The van der Waals surface area contributed by atoms with Crippen LogP contribution in [-0.2, 0) is 4.79 Å². The fourth-order valence-corrected chi connectivity index (χ4v) is 3.81. The summed E-state index contributed by atoms with van der Waals surface area (Å²) in [6, 6.07) is 4.06. The summed E-state index contributed by atoms with van der Waals surface area (Å²) in [7, 11) is 0. The Balaban J connectivity index is 0.00000364. The summed E-state index contributed by atoms with van der Waals surface area (Å²) in [5, 5.41) is 14.5. The molecule has 0 bridgehead atoms. The van der Waals surface area contributed by atoms with Gasteiger partial charge in [-0.15, -0.1) is 24.2 Å². The van der Waals surface area contributed by atoms with Crippen LogP contribution in [0.4, 0.5) is 5.69 Å². The molecule has 0 unspecified atom stereocenters. The number of carbonyl (C=O) groups excluding carboxylic acids is 2. The number of nitrogens with one attached hydrogen (secondary N) is 1. The fraction of sp³-hybridized carbons (Fsp3) is 0.529. The minimum atomic E-state index is -0.721. The Morgan fingerprint density at radius 2 is 2.04 bits per heavy atom. The number of nitro groups is 1. The summed E-state index contributed by atoms with van der Waals surface area (Å²) in [5.41, 5.74) is 5.03. The van der Waals surface area contributed by atoms with Crippen molar-refractivity contribution in [2.45, 2.75) is 24.7 Å². The van der Waals surface area contributed by atoms with Gasteiger partial charge in [-0.25, -0.2) is 0 Å². The van der Waals surface area contributed by atoms with Crippen molar-refractivity contribution >= 4 is 41.7 Å². The van der Waals surface area contributed by atoms with E-state index in [0.29, 0.717) is 10.8 Å². The van der Waals surface area contributed by atoms with Gasteiger partial charge in [0.05, 0.1) is 15.6 Å². The molecule has 0 spiro atoms. The molecule has 1 aliphatic rings. The predicted octanol–water partition coefficient (Wildman–Crippen LogP) is 2.06. The molecule has 0 atom stereocenters. The highest BCUT2D eigenvalue weighted by molar-refractivity contribution is 8.00. The highest BCUT2D eigenvalue weighted by Crippen LogP contribution is 2.30. The lowest BCUT2D eigenvalue weighted by atomic mass is 9.97. The first-order valence-electron chi connectivity index (χ1n) is 8.62. The van der Waals surface area contributed by atoms with E-state index < -0.39 is 10.8 Å². The molecule has 1 saturated heterocycles. The van der Waals surface area contributed by atoms with Crippen LogP contribution in [0.3, 0.4) is 0 Å². The van der Waals surface area contributed by atoms with Crippen LogP contribution in [0.2, 0.25) is 0 Å². The van der Waals surface area contributed by atoms with Crippen LogP contribution in [0, 0.1) is 16.0 Å². The van der Waals surface area contributed by atoms with Crippen LogP contribution >= 0.6 is 24.2 Å². The maximum Gasteiger partial charge on any atom is 0.283 e. The Kier molecular flexibility index (Phi) is 9.54. The zero-order valence-electron chi connectivity index (χ0n) is 15.2. The maximum atomic E-state index is 12.4. The predicted molar refractivity (Wildman–Crippen MR) is 107 cm³/mol. The van der Waals surface area contributed by atoms with Crippen LogP contribution < -0.4 is 11.1 Å². The summed E-state index contributed by atoms with van der Waals surface area (Å²) >= 11 is 1.11. The van der Waals surface area contributed by atoms with Gasteiger partial charge < -0.3 is 16.0 Å². The third kappa shape index (κ3) is 6.67. The van der Waals surface area contributed by atoms with E-state index in [2.05, 4.69) is 12.2 Å². The second-order valence-electron chi connectivity index (χ2n) is 6.22. The quantitative estimate of drug-likeness (QED) is 0.380. The minimum absolute atomic E-state index is 0. The molecule has 1 heterocycles. The average molecular weight is 417 g/mol. The van der Waals surface area contributed by atoms with Gasteiger partial charge in [0.1, 0.15) is 0 Å². The van der Waals surface area contributed by atoms with Gasteiger partial charge in [-0.2, -0.15) is 0 Å². The van der Waals surface area contributed by atoms with Crippen LogP contribution in [0.5, 0.6) is 0 Å². The molecule has 0 radical (unpaired) electrons. The Hall–Kier alpha value is -1.84. The zero-order valence-corrected chi connectivity index (χ0v) is 16.8. The molecule has 8 nitrogen and oxygen atoms in total. The molecular formula is C17H25ClN4O4S. The number of halogens is 1. The average Bonchev–Trinajstić information content (AvgIpc) is 2.64. The summed E-state index contributed by atoms with van der Waals surface area (Å²) < 4.78 is 0. The largest absolute Gasteiger partial charge is 0.366 e. The van der Waals surface area contributed by atoms with Crippen molar-refractivity contribution in [1.29, 1.82) is 0 Å². The molecule has 0 aliphatic carbocycles. The number of nitrogens with zero attached hydrogens (tertiary/aromatic N) is 2. The molecule has 0 saturated carbocycles. The van der Waals surface area contributed by atoms with E-state index in [0.717, 1.165) is 56.8 Å². The van der Waals surface area contributed by atoms with Gasteiger partial charge in [0.15, 0.2) is 0 Å². The highest BCUT2D eigenvalue weighted by atomic mass is 35.5. The SMILES string of the molecule is CCNCC1CCN(C(=O)CSc2ccc(C(N)=O)cc2[N+](=O)[O-])CC1.Cl. The standard InChI is InChI=1S/C17H24N4O4S.ClH/c1-2-19-10-12-5-7-20(8-6-12)16(22)11-26-15-4-3-13(17(18)23)9-14(15)21(24)25;/h3-4,9,12,19H,2,5-8,10-11H2,1H3,(H2,18,23);1H. The van der Waals surface area contributed by atoms with E-state index in [-0.39, 0.29) is 35.3 Å². The van der Waals surface area contributed by atoms with Gasteiger partial charge in [0, 0.05) is 24.7 Å². The number of hydrogen-bond acceptors (Lipinski definition) is 6. The zero-order chi connectivity index (χ0) is 19.1. The number of likely N-dealkylation sites (tertiary alicyclic amines) is 1. The lowest BCUT2D eigenvalue weighted by molar-refractivity contribution is -0.387. The molecule has 2 amide bonds. The lowest BCUT2D eigenvalue weighted by Crippen LogP contribution is -2.41. The summed E-state index contributed by atoms with van der Waals surface area (Å²) in [6.45, 7) is 5.44. The normalized spacial score (nSPS) is 14.5. The Bertz CT molecular complexity index is 681. The van der Waals surface area contributed by atoms with Crippen molar-refractivity contribution in [2.75, 3.05) is 31.9 Å². The molecule has 150 valence electrons. The second kappa shape index (κ2) is 11.1. The van der Waals surface area contributed by atoms with E-state index in [1.54, 1.807) is 0 Å². The van der Waals surface area contributed by atoms with E-state index in [1.165, 1.54) is 12.1 Å². The summed E-state index contributed by atoms with van der Waals surface area (Å²) in [4.78, 5) is 36.4. The number of amides is 2. The summed E-state index contributed by atoms with van der Waals surface area (Å²) in [6.07, 6.45) is 1.94. The molecule has 27 heavy (non-hydrogen) atoms. The topological polar surface area (TPSA) is 119 Å². The molecule has 3 N–H and O–H groups in total. The molecule has 2 rings (SSSR count). The van der Waals surface area contributed by atoms with Gasteiger partial charge in [-0.05, 0) is 44.0 Å². The van der Waals surface area contributed by atoms with Crippen LogP contribution in [0.25, 0.3) is 0 Å². The number of nitro benzene ring substituents is 1. The molecule has 10 heteroatoms. The van der Waals surface area contributed by atoms with Crippen molar-refractivity contribution in [3.8, 4) is 0 Å². The third-order valence-electron chi connectivity index (χ3n) is 4.44. The van der Waals surface area contributed by atoms with E-state index in [1.807, 2.05) is 4.90 Å². The number of benzene rings is 1. The first-order valence-corrected chi connectivity index (χ1v) is 9.60. The Labute approximate surface area is 168 Å². The fourth-order valence-electron chi connectivity index (χ4n) is 2.90. The van der Waals surface area contributed by atoms with E-state index in [4.69, 9.17) is 5.73 Å².